The SMILES string of the molecule is Cn1nnc(COc2cccc(Cl)c2CNC2CC2)n1. The van der Waals surface area contributed by atoms with Gasteiger partial charge in [0.05, 0.1) is 7.05 Å². The molecule has 1 saturated carbocycles. The topological polar surface area (TPSA) is 64.9 Å². The number of hydrogen-bond donors (Lipinski definition) is 1. The first kappa shape index (κ1) is 13.3. The zero-order chi connectivity index (χ0) is 13.9. The molecule has 1 N–H and O–H groups in total. The second-order valence-electron chi connectivity index (χ2n) is 4.86. The van der Waals surface area contributed by atoms with E-state index in [-0.39, 0.29) is 6.61 Å². The van der Waals surface area contributed by atoms with Gasteiger partial charge in [-0.25, -0.2) is 0 Å². The van der Waals surface area contributed by atoms with Gasteiger partial charge in [-0.05, 0) is 30.2 Å². The number of nitrogens with zero attached hydrogens (tertiary/aromatic N) is 4. The number of hydrogen-bond acceptors (Lipinski definition) is 5. The lowest BCUT2D eigenvalue weighted by atomic mass is 10.2. The molecule has 20 heavy (non-hydrogen) atoms. The molecule has 0 radical (unpaired) electrons. The highest BCUT2D eigenvalue weighted by Gasteiger charge is 2.21. The molecule has 6 nitrogen and oxygen atoms in total. The third-order valence-corrected chi connectivity index (χ3v) is 3.48. The lowest BCUT2D eigenvalue weighted by Gasteiger charge is -2.12. The molecule has 1 aromatic carbocycles. The standard InChI is InChI=1S/C13H16ClN5O/c1-19-17-13(16-18-19)8-20-12-4-2-3-11(14)10(12)7-15-9-5-6-9/h2-4,9,15H,5-8H2,1H3. The van der Waals surface area contributed by atoms with Crippen molar-refractivity contribution in [3.63, 3.8) is 0 Å². The molecule has 1 aliphatic rings. The Balaban J connectivity index is 1.68. The van der Waals surface area contributed by atoms with Crippen LogP contribution in [0.25, 0.3) is 0 Å². The van der Waals surface area contributed by atoms with Crippen molar-refractivity contribution < 1.29 is 4.74 Å². The van der Waals surface area contributed by atoms with Crippen molar-refractivity contribution in [2.24, 2.45) is 7.05 Å². The van der Waals surface area contributed by atoms with Crippen molar-refractivity contribution >= 4 is 11.6 Å². The first-order valence-corrected chi connectivity index (χ1v) is 6.96. The van der Waals surface area contributed by atoms with E-state index in [0.717, 1.165) is 11.3 Å². The number of benzene rings is 1. The maximum atomic E-state index is 6.25. The van der Waals surface area contributed by atoms with Crippen LogP contribution in [0.1, 0.15) is 24.2 Å². The minimum absolute atomic E-state index is 0.282. The summed E-state index contributed by atoms with van der Waals surface area (Å²) in [6, 6.07) is 6.29. The maximum absolute atomic E-state index is 6.25. The summed E-state index contributed by atoms with van der Waals surface area (Å²) in [6.07, 6.45) is 2.48. The fraction of sp³-hybridized carbons (Fsp3) is 0.462. The van der Waals surface area contributed by atoms with Crippen LogP contribution < -0.4 is 10.1 Å². The summed E-state index contributed by atoms with van der Waals surface area (Å²) < 4.78 is 5.77. The van der Waals surface area contributed by atoms with Crippen molar-refractivity contribution in [3.8, 4) is 5.75 Å². The molecule has 0 unspecified atom stereocenters. The fourth-order valence-electron chi connectivity index (χ4n) is 1.90. The van der Waals surface area contributed by atoms with E-state index in [9.17, 15) is 0 Å². The smallest absolute Gasteiger partial charge is 0.212 e. The monoisotopic (exact) mass is 293 g/mol. The lowest BCUT2D eigenvalue weighted by molar-refractivity contribution is 0.291. The molecule has 0 atom stereocenters. The van der Waals surface area contributed by atoms with Gasteiger partial charge in [-0.3, -0.25) is 0 Å². The van der Waals surface area contributed by atoms with Crippen LogP contribution >= 0.6 is 11.6 Å². The summed E-state index contributed by atoms with van der Waals surface area (Å²) in [7, 11) is 1.72. The van der Waals surface area contributed by atoms with Crippen molar-refractivity contribution in [3.05, 3.63) is 34.6 Å². The number of halogens is 1. The highest BCUT2D eigenvalue weighted by molar-refractivity contribution is 6.31. The normalized spacial score (nSPS) is 14.5. The van der Waals surface area contributed by atoms with Gasteiger partial charge < -0.3 is 10.1 Å². The van der Waals surface area contributed by atoms with Crippen LogP contribution in [-0.4, -0.2) is 26.2 Å². The summed E-state index contributed by atoms with van der Waals surface area (Å²) in [5.74, 6) is 1.31. The van der Waals surface area contributed by atoms with Crippen molar-refractivity contribution in [2.45, 2.75) is 32.0 Å². The largest absolute Gasteiger partial charge is 0.485 e. The van der Waals surface area contributed by atoms with Gasteiger partial charge in [-0.15, -0.1) is 10.2 Å². The molecule has 106 valence electrons. The van der Waals surface area contributed by atoms with Crippen molar-refractivity contribution in [1.82, 2.24) is 25.5 Å². The van der Waals surface area contributed by atoms with E-state index >= 15 is 0 Å². The van der Waals surface area contributed by atoms with Crippen molar-refractivity contribution in [2.75, 3.05) is 0 Å². The second-order valence-corrected chi connectivity index (χ2v) is 5.26. The zero-order valence-electron chi connectivity index (χ0n) is 11.2. The highest BCUT2D eigenvalue weighted by atomic mass is 35.5. The number of rotatable bonds is 6. The number of aryl methyl sites for hydroxylation is 1. The Morgan fingerprint density at radius 3 is 3.00 bits per heavy atom. The van der Waals surface area contributed by atoms with Gasteiger partial charge in [0, 0.05) is 23.2 Å². The van der Waals surface area contributed by atoms with Gasteiger partial charge in [-0.2, -0.15) is 4.80 Å². The number of aromatic nitrogens is 4. The molecule has 0 bridgehead atoms. The van der Waals surface area contributed by atoms with E-state index in [0.29, 0.717) is 23.4 Å². The van der Waals surface area contributed by atoms with E-state index in [1.165, 1.54) is 17.6 Å². The first-order valence-electron chi connectivity index (χ1n) is 6.59. The summed E-state index contributed by atoms with van der Waals surface area (Å²) in [6.45, 7) is 0.998. The Hall–Kier alpha value is -1.66. The molecule has 1 heterocycles. The Labute approximate surface area is 122 Å². The van der Waals surface area contributed by atoms with Crippen molar-refractivity contribution in [1.29, 1.82) is 0 Å². The van der Waals surface area contributed by atoms with E-state index in [1.54, 1.807) is 7.05 Å². The van der Waals surface area contributed by atoms with Gasteiger partial charge in [-0.1, -0.05) is 17.7 Å². The summed E-state index contributed by atoms with van der Waals surface area (Å²) in [5, 5.41) is 15.9. The summed E-state index contributed by atoms with van der Waals surface area (Å²) >= 11 is 6.25. The maximum Gasteiger partial charge on any atom is 0.212 e. The molecule has 1 aromatic heterocycles. The van der Waals surface area contributed by atoms with Gasteiger partial charge >= 0.3 is 0 Å². The quantitative estimate of drug-likeness (QED) is 0.878. The molecule has 0 aliphatic heterocycles. The molecule has 0 spiro atoms. The fourth-order valence-corrected chi connectivity index (χ4v) is 2.14. The second kappa shape index (κ2) is 5.76. The molecule has 7 heteroatoms. The number of nitrogens with one attached hydrogen (secondary N) is 1. The van der Waals surface area contributed by atoms with Gasteiger partial charge in [0.25, 0.3) is 0 Å². The third-order valence-electron chi connectivity index (χ3n) is 3.13. The number of tetrazole rings is 1. The minimum atomic E-state index is 0.282. The van der Waals surface area contributed by atoms with Gasteiger partial charge in [0.15, 0.2) is 6.61 Å². The van der Waals surface area contributed by atoms with Gasteiger partial charge in [0.1, 0.15) is 5.75 Å². The average Bonchev–Trinajstić information content (AvgIpc) is 3.17. The number of ether oxygens (including phenoxy) is 1. The van der Waals surface area contributed by atoms with Gasteiger partial charge in [0.2, 0.25) is 5.82 Å². The van der Waals surface area contributed by atoms with E-state index in [2.05, 4.69) is 20.7 Å². The average molecular weight is 294 g/mol. The van der Waals surface area contributed by atoms with Crippen LogP contribution in [0.2, 0.25) is 5.02 Å². The Morgan fingerprint density at radius 2 is 2.30 bits per heavy atom. The molecule has 3 rings (SSSR count). The lowest BCUT2D eigenvalue weighted by Crippen LogP contribution is -2.16. The Bertz CT molecular complexity index is 596. The highest BCUT2D eigenvalue weighted by Crippen LogP contribution is 2.28. The molecule has 1 aliphatic carbocycles. The Morgan fingerprint density at radius 1 is 1.45 bits per heavy atom. The predicted molar refractivity (Wildman–Crippen MR) is 74.4 cm³/mol. The van der Waals surface area contributed by atoms with Crippen LogP contribution in [0.3, 0.4) is 0 Å². The van der Waals surface area contributed by atoms with E-state index in [1.807, 2.05) is 18.2 Å². The van der Waals surface area contributed by atoms with Crippen LogP contribution in [-0.2, 0) is 20.2 Å². The molecule has 0 amide bonds. The van der Waals surface area contributed by atoms with E-state index in [4.69, 9.17) is 16.3 Å². The third kappa shape index (κ3) is 3.26. The predicted octanol–water partition coefficient (Wildman–Crippen LogP) is 1.69. The summed E-state index contributed by atoms with van der Waals surface area (Å²) in [5.41, 5.74) is 0.977. The summed E-state index contributed by atoms with van der Waals surface area (Å²) in [4.78, 5) is 1.41. The van der Waals surface area contributed by atoms with Crippen LogP contribution in [0.5, 0.6) is 5.75 Å². The van der Waals surface area contributed by atoms with Crippen LogP contribution in [0, 0.1) is 0 Å². The molecular formula is C13H16ClN5O. The van der Waals surface area contributed by atoms with Crippen LogP contribution in [0.4, 0.5) is 0 Å². The molecule has 1 fully saturated rings. The molecular weight excluding hydrogens is 278 g/mol. The molecule has 0 saturated heterocycles. The van der Waals surface area contributed by atoms with Crippen LogP contribution in [0.15, 0.2) is 18.2 Å². The van der Waals surface area contributed by atoms with E-state index < -0.39 is 0 Å². The zero-order valence-corrected chi connectivity index (χ0v) is 12.0. The first-order chi connectivity index (χ1) is 9.72. The Kier molecular flexibility index (Phi) is 3.84. The molecule has 2 aromatic rings. The minimum Gasteiger partial charge on any atom is -0.485 e.